The molecule has 0 aromatic heterocycles. The molecule has 92 valence electrons. The number of carbonyl (C=O) groups excluding carboxylic acids is 2. The molecule has 0 saturated heterocycles. The van der Waals surface area contributed by atoms with Gasteiger partial charge >= 0.3 is 11.9 Å². The third-order valence-electron chi connectivity index (χ3n) is 2.10. The van der Waals surface area contributed by atoms with Gasteiger partial charge in [0.05, 0.1) is 12.2 Å². The van der Waals surface area contributed by atoms with Gasteiger partial charge in [0.2, 0.25) is 0 Å². The number of hydrogen-bond donors (Lipinski definition) is 1. The first-order valence-electron chi connectivity index (χ1n) is 5.23. The van der Waals surface area contributed by atoms with Crippen LogP contribution in [0.4, 0.5) is 5.69 Å². The predicted octanol–water partition coefficient (Wildman–Crippen LogP) is 1.30. The van der Waals surface area contributed by atoms with Gasteiger partial charge in [0, 0.05) is 5.69 Å². The van der Waals surface area contributed by atoms with Gasteiger partial charge in [-0.1, -0.05) is 0 Å². The summed E-state index contributed by atoms with van der Waals surface area (Å²) in [6, 6.07) is 4.84. The Morgan fingerprint density at radius 3 is 2.59 bits per heavy atom. The molecule has 0 heterocycles. The average molecular weight is 237 g/mol. The third kappa shape index (κ3) is 3.79. The molecule has 0 spiro atoms. The van der Waals surface area contributed by atoms with E-state index >= 15 is 0 Å². The van der Waals surface area contributed by atoms with E-state index in [4.69, 9.17) is 10.5 Å². The lowest BCUT2D eigenvalue weighted by Gasteiger charge is -2.07. The Hall–Kier alpha value is -2.04. The molecule has 0 saturated carbocycles. The molecule has 1 aromatic rings. The predicted molar refractivity (Wildman–Crippen MR) is 62.5 cm³/mol. The van der Waals surface area contributed by atoms with Crippen LogP contribution in [0.1, 0.15) is 22.8 Å². The summed E-state index contributed by atoms with van der Waals surface area (Å²) in [7, 11) is 0. The van der Waals surface area contributed by atoms with E-state index in [1.54, 1.807) is 32.0 Å². The Kier molecular flexibility index (Phi) is 4.51. The molecular formula is C12H15NO4. The van der Waals surface area contributed by atoms with Crippen molar-refractivity contribution in [1.29, 1.82) is 0 Å². The van der Waals surface area contributed by atoms with E-state index in [0.29, 0.717) is 16.8 Å². The molecule has 5 nitrogen and oxygen atoms in total. The van der Waals surface area contributed by atoms with Crippen LogP contribution in [0.5, 0.6) is 0 Å². The lowest BCUT2D eigenvalue weighted by molar-refractivity contribution is -0.146. The van der Waals surface area contributed by atoms with Crippen LogP contribution >= 0.6 is 0 Å². The van der Waals surface area contributed by atoms with E-state index in [0.717, 1.165) is 0 Å². The molecule has 0 radical (unpaired) electrons. The SMILES string of the molecule is CCOC(=O)COC(=O)c1ccc(N)cc1C. The summed E-state index contributed by atoms with van der Waals surface area (Å²) in [6.07, 6.45) is 0. The van der Waals surface area contributed by atoms with Gasteiger partial charge in [-0.05, 0) is 37.6 Å². The van der Waals surface area contributed by atoms with E-state index in [-0.39, 0.29) is 13.2 Å². The highest BCUT2D eigenvalue weighted by molar-refractivity contribution is 5.92. The van der Waals surface area contributed by atoms with Crippen molar-refractivity contribution in [2.24, 2.45) is 0 Å². The largest absolute Gasteiger partial charge is 0.463 e. The van der Waals surface area contributed by atoms with Gasteiger partial charge in [-0.25, -0.2) is 9.59 Å². The van der Waals surface area contributed by atoms with Crippen molar-refractivity contribution < 1.29 is 19.1 Å². The standard InChI is InChI=1S/C12H15NO4/c1-3-16-11(14)7-17-12(15)10-5-4-9(13)6-8(10)2/h4-6H,3,7,13H2,1-2H3. The smallest absolute Gasteiger partial charge is 0.344 e. The highest BCUT2D eigenvalue weighted by atomic mass is 16.6. The summed E-state index contributed by atoms with van der Waals surface area (Å²) in [5.74, 6) is -1.12. The Balaban J connectivity index is 2.61. The molecule has 0 aliphatic carbocycles. The van der Waals surface area contributed by atoms with E-state index in [1.807, 2.05) is 0 Å². The minimum atomic E-state index is -0.561. The van der Waals surface area contributed by atoms with Crippen molar-refractivity contribution in [3.8, 4) is 0 Å². The molecule has 17 heavy (non-hydrogen) atoms. The number of benzene rings is 1. The Morgan fingerprint density at radius 1 is 1.29 bits per heavy atom. The lowest BCUT2D eigenvalue weighted by atomic mass is 10.1. The molecular weight excluding hydrogens is 222 g/mol. The van der Waals surface area contributed by atoms with Crippen LogP contribution in [0.15, 0.2) is 18.2 Å². The minimum Gasteiger partial charge on any atom is -0.463 e. The van der Waals surface area contributed by atoms with Crippen molar-refractivity contribution in [2.75, 3.05) is 18.9 Å². The number of rotatable bonds is 4. The number of nitrogen functional groups attached to an aromatic ring is 1. The Labute approximate surface area is 99.5 Å². The maximum Gasteiger partial charge on any atom is 0.344 e. The first-order valence-corrected chi connectivity index (χ1v) is 5.23. The summed E-state index contributed by atoms with van der Waals surface area (Å²) in [5.41, 5.74) is 7.24. The van der Waals surface area contributed by atoms with Crippen LogP contribution in [0.3, 0.4) is 0 Å². The third-order valence-corrected chi connectivity index (χ3v) is 2.10. The minimum absolute atomic E-state index is 0.261. The number of aryl methyl sites for hydroxylation is 1. The van der Waals surface area contributed by atoms with Crippen molar-refractivity contribution in [2.45, 2.75) is 13.8 Å². The van der Waals surface area contributed by atoms with Crippen LogP contribution < -0.4 is 5.73 Å². The molecule has 0 bridgehead atoms. The van der Waals surface area contributed by atoms with Crippen LogP contribution in [0.2, 0.25) is 0 Å². The fourth-order valence-electron chi connectivity index (χ4n) is 1.32. The van der Waals surface area contributed by atoms with Crippen molar-refractivity contribution in [3.63, 3.8) is 0 Å². The number of nitrogens with two attached hydrogens (primary N) is 1. The average Bonchev–Trinajstić information content (AvgIpc) is 2.26. The highest BCUT2D eigenvalue weighted by Gasteiger charge is 2.12. The molecule has 0 aliphatic heterocycles. The van der Waals surface area contributed by atoms with Crippen LogP contribution in [-0.4, -0.2) is 25.2 Å². The molecule has 5 heteroatoms. The summed E-state index contributed by atoms with van der Waals surface area (Å²) in [6.45, 7) is 3.31. The summed E-state index contributed by atoms with van der Waals surface area (Å²) >= 11 is 0. The van der Waals surface area contributed by atoms with Gasteiger partial charge in [0.15, 0.2) is 6.61 Å². The van der Waals surface area contributed by atoms with Crippen LogP contribution in [-0.2, 0) is 14.3 Å². The molecule has 0 atom stereocenters. The number of anilines is 1. The van der Waals surface area contributed by atoms with E-state index in [2.05, 4.69) is 4.74 Å². The van der Waals surface area contributed by atoms with Crippen molar-refractivity contribution in [1.82, 2.24) is 0 Å². The number of esters is 2. The quantitative estimate of drug-likeness (QED) is 0.630. The maximum absolute atomic E-state index is 11.6. The highest BCUT2D eigenvalue weighted by Crippen LogP contribution is 2.13. The van der Waals surface area contributed by atoms with Crippen LogP contribution in [0.25, 0.3) is 0 Å². The van der Waals surface area contributed by atoms with Gasteiger partial charge in [0.25, 0.3) is 0 Å². The monoisotopic (exact) mass is 237 g/mol. The summed E-state index contributed by atoms with van der Waals surface area (Å²) < 4.78 is 9.45. The molecule has 1 rings (SSSR count). The molecule has 0 unspecified atom stereocenters. The number of ether oxygens (including phenoxy) is 2. The summed E-state index contributed by atoms with van der Waals surface area (Å²) in [5, 5.41) is 0. The molecule has 2 N–H and O–H groups in total. The first kappa shape index (κ1) is 13.0. The van der Waals surface area contributed by atoms with E-state index in [1.165, 1.54) is 0 Å². The second kappa shape index (κ2) is 5.89. The zero-order chi connectivity index (χ0) is 12.8. The Bertz CT molecular complexity index is 429. The van der Waals surface area contributed by atoms with Gasteiger partial charge < -0.3 is 15.2 Å². The lowest BCUT2D eigenvalue weighted by Crippen LogP contribution is -2.17. The van der Waals surface area contributed by atoms with Crippen molar-refractivity contribution in [3.05, 3.63) is 29.3 Å². The first-order chi connectivity index (χ1) is 8.04. The van der Waals surface area contributed by atoms with Crippen LogP contribution in [0, 0.1) is 6.92 Å². The molecule has 0 amide bonds. The second-order valence-corrected chi connectivity index (χ2v) is 3.46. The summed E-state index contributed by atoms with van der Waals surface area (Å²) in [4.78, 5) is 22.6. The van der Waals surface area contributed by atoms with Crippen molar-refractivity contribution >= 4 is 17.6 Å². The van der Waals surface area contributed by atoms with Gasteiger partial charge in [-0.2, -0.15) is 0 Å². The van der Waals surface area contributed by atoms with Gasteiger partial charge in [-0.3, -0.25) is 0 Å². The molecule has 0 aliphatic rings. The van der Waals surface area contributed by atoms with Gasteiger partial charge in [-0.15, -0.1) is 0 Å². The number of hydrogen-bond acceptors (Lipinski definition) is 5. The normalized spacial score (nSPS) is 9.76. The van der Waals surface area contributed by atoms with E-state index in [9.17, 15) is 9.59 Å². The van der Waals surface area contributed by atoms with Gasteiger partial charge in [0.1, 0.15) is 0 Å². The van der Waals surface area contributed by atoms with E-state index < -0.39 is 11.9 Å². The topological polar surface area (TPSA) is 78.6 Å². The zero-order valence-corrected chi connectivity index (χ0v) is 9.86. The fourth-order valence-corrected chi connectivity index (χ4v) is 1.32. The molecule has 1 aromatic carbocycles. The Morgan fingerprint density at radius 2 is 2.00 bits per heavy atom. The number of carbonyl (C=O) groups is 2. The second-order valence-electron chi connectivity index (χ2n) is 3.46. The fraction of sp³-hybridized carbons (Fsp3) is 0.333. The maximum atomic E-state index is 11.6. The zero-order valence-electron chi connectivity index (χ0n) is 9.86. The molecule has 0 fully saturated rings.